The number of aliphatic hydroxyl groups is 1. The number of nitrogens with two attached hydrogens (primary N) is 3. The summed E-state index contributed by atoms with van der Waals surface area (Å²) in [5.74, 6) is -3.75. The molecule has 3 amide bonds. The first-order chi connectivity index (χ1) is 18.1. The quantitative estimate of drug-likeness (QED) is 0.0558. The van der Waals surface area contributed by atoms with Crippen LogP contribution in [0.4, 0.5) is 0 Å². The summed E-state index contributed by atoms with van der Waals surface area (Å²) in [6, 6.07) is -4.99. The van der Waals surface area contributed by atoms with Gasteiger partial charge in [-0.1, -0.05) is 0 Å². The number of aromatic nitrogens is 4. The lowest BCUT2D eigenvalue weighted by molar-refractivity contribution is -0.142. The van der Waals surface area contributed by atoms with E-state index in [4.69, 9.17) is 17.2 Å². The highest BCUT2D eigenvalue weighted by Gasteiger charge is 2.30. The van der Waals surface area contributed by atoms with Crippen molar-refractivity contribution >= 4 is 29.7 Å². The van der Waals surface area contributed by atoms with Crippen LogP contribution >= 0.6 is 0 Å². The fourth-order valence-electron chi connectivity index (χ4n) is 3.32. The van der Waals surface area contributed by atoms with E-state index in [9.17, 15) is 29.4 Å². The number of carbonyl (C=O) groups excluding carboxylic acids is 3. The van der Waals surface area contributed by atoms with Gasteiger partial charge in [0.1, 0.15) is 24.2 Å². The van der Waals surface area contributed by atoms with E-state index < -0.39 is 54.5 Å². The number of carbonyl (C=O) groups is 4. The molecule has 4 atom stereocenters. The van der Waals surface area contributed by atoms with E-state index >= 15 is 0 Å². The second-order valence-corrected chi connectivity index (χ2v) is 8.32. The number of aromatic amines is 2. The number of aliphatic hydroxyl groups excluding tert-OH is 1. The van der Waals surface area contributed by atoms with Crippen molar-refractivity contribution in [3.8, 4) is 0 Å². The van der Waals surface area contributed by atoms with E-state index in [1.165, 1.54) is 25.0 Å². The molecule has 2 aromatic heterocycles. The molecule has 0 aliphatic heterocycles. The highest BCUT2D eigenvalue weighted by atomic mass is 16.4. The molecular formula is C21H33N11O6. The van der Waals surface area contributed by atoms with Crippen molar-refractivity contribution in [2.75, 3.05) is 13.2 Å². The number of aliphatic imine (C=N–C) groups is 1. The number of nitrogens with zero attached hydrogens (tertiary/aromatic N) is 3. The van der Waals surface area contributed by atoms with E-state index in [0.717, 1.165) is 0 Å². The van der Waals surface area contributed by atoms with Crippen LogP contribution in [-0.2, 0) is 32.0 Å². The van der Waals surface area contributed by atoms with Crippen molar-refractivity contribution in [3.63, 3.8) is 0 Å². The Labute approximate surface area is 217 Å². The molecule has 0 spiro atoms. The highest BCUT2D eigenvalue weighted by molar-refractivity contribution is 5.94. The molecule has 0 bridgehead atoms. The minimum Gasteiger partial charge on any atom is -0.480 e. The summed E-state index contributed by atoms with van der Waals surface area (Å²) in [7, 11) is 0. The number of guanidine groups is 1. The molecule has 0 saturated heterocycles. The first-order valence-electron chi connectivity index (χ1n) is 11.6. The molecule has 17 heteroatoms. The zero-order valence-electron chi connectivity index (χ0n) is 20.5. The fourth-order valence-corrected chi connectivity index (χ4v) is 3.32. The lowest BCUT2D eigenvalue weighted by Crippen LogP contribution is -2.58. The first kappa shape index (κ1) is 29.7. The van der Waals surface area contributed by atoms with Crippen molar-refractivity contribution in [1.82, 2.24) is 35.9 Å². The van der Waals surface area contributed by atoms with Gasteiger partial charge in [0.15, 0.2) is 5.96 Å². The van der Waals surface area contributed by atoms with Crippen LogP contribution < -0.4 is 33.2 Å². The normalized spacial score (nSPS) is 13.9. The molecule has 0 aliphatic carbocycles. The number of carboxylic acid groups (broad SMARTS) is 1. The maximum absolute atomic E-state index is 13.2. The lowest BCUT2D eigenvalue weighted by Gasteiger charge is -2.25. The van der Waals surface area contributed by atoms with Gasteiger partial charge in [0.2, 0.25) is 17.7 Å². The summed E-state index contributed by atoms with van der Waals surface area (Å²) < 4.78 is 0. The van der Waals surface area contributed by atoms with Gasteiger partial charge in [-0.25, -0.2) is 14.8 Å². The fraction of sp³-hybridized carbons (Fsp3) is 0.476. The Hall–Kier alpha value is -4.51. The van der Waals surface area contributed by atoms with E-state index in [1.54, 1.807) is 0 Å². The number of H-pyrrole nitrogens is 2. The van der Waals surface area contributed by atoms with Crippen LogP contribution in [0.3, 0.4) is 0 Å². The number of hydrogen-bond acceptors (Lipinski definition) is 9. The van der Waals surface area contributed by atoms with Crippen LogP contribution in [0.5, 0.6) is 0 Å². The Kier molecular flexibility index (Phi) is 11.7. The van der Waals surface area contributed by atoms with Crippen LogP contribution in [0.15, 0.2) is 30.0 Å². The molecule has 2 heterocycles. The maximum Gasteiger partial charge on any atom is 0.326 e. The molecule has 13 N–H and O–H groups in total. The highest BCUT2D eigenvalue weighted by Crippen LogP contribution is 2.06. The van der Waals surface area contributed by atoms with Gasteiger partial charge < -0.3 is 53.3 Å². The minimum absolute atomic E-state index is 0.0321. The Balaban J connectivity index is 2.19. The SMILES string of the molecule is NC(N)=NCCCC(NC(=O)C(Cc1cnc[nH]1)NC(=O)C(N)CO)C(=O)NC(Cc1cnc[nH]1)C(=O)O. The van der Waals surface area contributed by atoms with E-state index in [-0.39, 0.29) is 38.2 Å². The van der Waals surface area contributed by atoms with Gasteiger partial charge in [-0.2, -0.15) is 0 Å². The van der Waals surface area contributed by atoms with Gasteiger partial charge in [-0.05, 0) is 12.8 Å². The van der Waals surface area contributed by atoms with Crippen molar-refractivity contribution in [3.05, 3.63) is 36.4 Å². The Morgan fingerprint density at radius 2 is 1.42 bits per heavy atom. The summed E-state index contributed by atoms with van der Waals surface area (Å²) in [5, 5.41) is 26.2. The van der Waals surface area contributed by atoms with E-state index in [0.29, 0.717) is 11.4 Å². The second-order valence-electron chi connectivity index (χ2n) is 8.32. The number of aliphatic carboxylic acids is 1. The third-order valence-corrected chi connectivity index (χ3v) is 5.32. The molecule has 38 heavy (non-hydrogen) atoms. The topological polar surface area (TPSA) is 293 Å². The zero-order valence-corrected chi connectivity index (χ0v) is 20.5. The molecule has 208 valence electrons. The average molecular weight is 536 g/mol. The standard InChI is InChI=1S/C21H33N11O6/c22-13(8-33)17(34)31-15(4-11-6-25-9-28-11)19(36)30-14(2-1-3-27-21(23)24)18(35)32-16(20(37)38)5-12-7-26-10-29-12/h6-7,9-10,13-16,33H,1-5,8,22H2,(H,25,28)(H,26,29)(H,30,36)(H,31,34)(H,32,35)(H,37,38)(H4,23,24,27). The Bertz CT molecular complexity index is 1070. The minimum atomic E-state index is -1.32. The van der Waals surface area contributed by atoms with E-state index in [2.05, 4.69) is 40.9 Å². The van der Waals surface area contributed by atoms with Crippen LogP contribution in [0.25, 0.3) is 0 Å². The third-order valence-electron chi connectivity index (χ3n) is 5.32. The largest absolute Gasteiger partial charge is 0.480 e. The molecule has 0 aliphatic rings. The predicted octanol–water partition coefficient (Wildman–Crippen LogP) is -4.17. The Morgan fingerprint density at radius 3 is 1.92 bits per heavy atom. The van der Waals surface area contributed by atoms with Gasteiger partial charge in [0.25, 0.3) is 0 Å². The van der Waals surface area contributed by atoms with Crippen molar-refractivity contribution in [1.29, 1.82) is 0 Å². The second kappa shape index (κ2) is 14.9. The van der Waals surface area contributed by atoms with Gasteiger partial charge in [0.05, 0.1) is 19.3 Å². The number of imidazole rings is 2. The van der Waals surface area contributed by atoms with Crippen LogP contribution in [0.2, 0.25) is 0 Å². The molecular weight excluding hydrogens is 502 g/mol. The summed E-state index contributed by atoms with van der Waals surface area (Å²) in [6.45, 7) is -0.495. The van der Waals surface area contributed by atoms with Crippen molar-refractivity contribution in [2.45, 2.75) is 49.9 Å². The van der Waals surface area contributed by atoms with E-state index in [1.807, 2.05) is 0 Å². The molecule has 0 fully saturated rings. The molecule has 17 nitrogen and oxygen atoms in total. The molecule has 4 unspecified atom stereocenters. The summed E-state index contributed by atoms with van der Waals surface area (Å²) in [4.78, 5) is 67.5. The van der Waals surface area contributed by atoms with Crippen molar-refractivity contribution in [2.24, 2.45) is 22.2 Å². The molecule has 0 radical (unpaired) electrons. The lowest BCUT2D eigenvalue weighted by atomic mass is 10.1. The molecule has 2 rings (SSSR count). The van der Waals surface area contributed by atoms with Crippen molar-refractivity contribution < 1.29 is 29.4 Å². The number of nitrogens with one attached hydrogen (secondary N) is 5. The van der Waals surface area contributed by atoms with Crippen LogP contribution in [-0.4, -0.2) is 97.1 Å². The first-order valence-corrected chi connectivity index (χ1v) is 11.6. The van der Waals surface area contributed by atoms with Crippen LogP contribution in [0, 0.1) is 0 Å². The van der Waals surface area contributed by atoms with Crippen LogP contribution in [0.1, 0.15) is 24.2 Å². The monoisotopic (exact) mass is 535 g/mol. The summed E-state index contributed by atoms with van der Waals surface area (Å²) >= 11 is 0. The number of rotatable bonds is 16. The summed E-state index contributed by atoms with van der Waals surface area (Å²) in [6.07, 6.45) is 5.84. The summed E-state index contributed by atoms with van der Waals surface area (Å²) in [5.41, 5.74) is 17.2. The van der Waals surface area contributed by atoms with Gasteiger partial charge in [-0.3, -0.25) is 19.4 Å². The van der Waals surface area contributed by atoms with Gasteiger partial charge in [-0.15, -0.1) is 0 Å². The number of amides is 3. The van der Waals surface area contributed by atoms with Gasteiger partial charge in [0, 0.05) is 43.2 Å². The number of hydrogen-bond donors (Lipinski definition) is 10. The molecule has 0 saturated carbocycles. The predicted molar refractivity (Wildman–Crippen MR) is 133 cm³/mol. The number of carboxylic acids is 1. The molecule has 2 aromatic rings. The van der Waals surface area contributed by atoms with Gasteiger partial charge >= 0.3 is 5.97 Å². The smallest absolute Gasteiger partial charge is 0.326 e. The zero-order chi connectivity index (χ0) is 28.1. The molecule has 0 aromatic carbocycles. The average Bonchev–Trinajstić information content (AvgIpc) is 3.58. The Morgan fingerprint density at radius 1 is 0.895 bits per heavy atom. The third kappa shape index (κ3) is 9.86. The maximum atomic E-state index is 13.2.